The molecule has 2 aromatic rings. The maximum Gasteiger partial charge on any atom is 0.185 e. The Hall–Kier alpha value is -1.28. The van der Waals surface area contributed by atoms with Gasteiger partial charge in [0.05, 0.1) is 22.3 Å². The van der Waals surface area contributed by atoms with Crippen molar-refractivity contribution in [1.29, 1.82) is 5.26 Å². The average molecular weight is 302 g/mol. The van der Waals surface area contributed by atoms with Crippen LogP contribution in [0.25, 0.3) is 0 Å². The number of benzene rings is 1. The van der Waals surface area contributed by atoms with Crippen LogP contribution in [0, 0.1) is 18.3 Å². The third-order valence-electron chi connectivity index (χ3n) is 2.54. The van der Waals surface area contributed by atoms with Crippen molar-refractivity contribution in [3.63, 3.8) is 0 Å². The van der Waals surface area contributed by atoms with Crippen LogP contribution >= 0.6 is 34.8 Å². The second kappa shape index (κ2) is 5.15. The molecule has 7 heteroatoms. The summed E-state index contributed by atoms with van der Waals surface area (Å²) in [5, 5.41) is 17.7. The van der Waals surface area contributed by atoms with E-state index >= 15 is 0 Å². The molecule has 0 bridgehead atoms. The molecule has 0 unspecified atom stereocenters. The van der Waals surface area contributed by atoms with Crippen molar-refractivity contribution < 1.29 is 0 Å². The molecule has 18 heavy (non-hydrogen) atoms. The molecular weight excluding hydrogens is 295 g/mol. The van der Waals surface area contributed by atoms with Gasteiger partial charge < -0.3 is 0 Å². The second-order valence-electron chi connectivity index (χ2n) is 3.61. The lowest BCUT2D eigenvalue weighted by molar-refractivity contribution is 0.633. The molecule has 1 aromatic heterocycles. The molecule has 0 saturated heterocycles. The Morgan fingerprint density at radius 3 is 2.56 bits per heavy atom. The zero-order valence-electron chi connectivity index (χ0n) is 9.28. The average Bonchev–Trinajstić information content (AvgIpc) is 2.71. The zero-order valence-corrected chi connectivity index (χ0v) is 11.6. The summed E-state index contributed by atoms with van der Waals surface area (Å²) in [6.45, 7) is 2.07. The number of hydrogen-bond donors (Lipinski definition) is 0. The minimum absolute atomic E-state index is 0.282. The summed E-state index contributed by atoms with van der Waals surface area (Å²) >= 11 is 18.1. The maximum atomic E-state index is 8.81. The summed E-state index contributed by atoms with van der Waals surface area (Å²) in [7, 11) is 0. The lowest BCUT2D eigenvalue weighted by Gasteiger charge is -2.09. The molecular formula is C11H7Cl3N4. The van der Waals surface area contributed by atoms with Gasteiger partial charge in [-0.05, 0) is 19.1 Å². The highest BCUT2D eigenvalue weighted by Gasteiger charge is 2.14. The SMILES string of the molecule is Cc1c(C#N)nnn1Cc1c(Cl)ccc(Cl)c1Cl. The van der Waals surface area contributed by atoms with Gasteiger partial charge in [0.2, 0.25) is 0 Å². The smallest absolute Gasteiger partial charge is 0.185 e. The molecule has 0 aliphatic rings. The van der Waals surface area contributed by atoms with Crippen LogP contribution in [0.5, 0.6) is 0 Å². The zero-order chi connectivity index (χ0) is 13.3. The van der Waals surface area contributed by atoms with Crippen LogP contribution in [0.15, 0.2) is 12.1 Å². The monoisotopic (exact) mass is 300 g/mol. The standard InChI is InChI=1S/C11H7Cl3N4/c1-6-10(4-15)16-17-18(6)5-7-8(12)2-3-9(13)11(7)14/h2-3H,5H2,1H3. The van der Waals surface area contributed by atoms with Gasteiger partial charge in [-0.25, -0.2) is 4.68 Å². The van der Waals surface area contributed by atoms with E-state index in [4.69, 9.17) is 40.1 Å². The Kier molecular flexibility index (Phi) is 3.76. The topological polar surface area (TPSA) is 54.5 Å². The maximum absolute atomic E-state index is 8.81. The fourth-order valence-electron chi connectivity index (χ4n) is 1.48. The number of nitrogens with zero attached hydrogens (tertiary/aromatic N) is 4. The van der Waals surface area contributed by atoms with E-state index in [0.29, 0.717) is 32.9 Å². The number of rotatable bonds is 2. The Morgan fingerprint density at radius 1 is 1.28 bits per heavy atom. The van der Waals surface area contributed by atoms with Gasteiger partial charge in [0, 0.05) is 10.6 Å². The predicted molar refractivity (Wildman–Crippen MR) is 70.0 cm³/mol. The number of nitriles is 1. The Labute approximate surface area is 119 Å². The van der Waals surface area contributed by atoms with Crippen molar-refractivity contribution in [3.8, 4) is 6.07 Å². The van der Waals surface area contributed by atoms with E-state index in [2.05, 4.69) is 10.3 Å². The van der Waals surface area contributed by atoms with Gasteiger partial charge in [-0.15, -0.1) is 5.10 Å². The molecule has 0 aliphatic carbocycles. The van der Waals surface area contributed by atoms with Gasteiger partial charge in [-0.3, -0.25) is 0 Å². The van der Waals surface area contributed by atoms with Crippen LogP contribution in [-0.4, -0.2) is 15.0 Å². The normalized spacial score (nSPS) is 10.4. The van der Waals surface area contributed by atoms with Crippen molar-refractivity contribution >= 4 is 34.8 Å². The highest BCUT2D eigenvalue weighted by molar-refractivity contribution is 6.44. The predicted octanol–water partition coefficient (Wildman–Crippen LogP) is 3.47. The van der Waals surface area contributed by atoms with Crippen molar-refractivity contribution in [2.24, 2.45) is 0 Å². The summed E-state index contributed by atoms with van der Waals surface area (Å²) in [4.78, 5) is 0. The summed E-state index contributed by atoms with van der Waals surface area (Å²) in [5.41, 5.74) is 1.59. The van der Waals surface area contributed by atoms with Crippen LogP contribution in [0.1, 0.15) is 17.0 Å². The van der Waals surface area contributed by atoms with Crippen molar-refractivity contribution in [2.45, 2.75) is 13.5 Å². The molecule has 0 atom stereocenters. The number of halogens is 3. The third-order valence-corrected chi connectivity index (χ3v) is 3.73. The third kappa shape index (κ3) is 2.30. The quantitative estimate of drug-likeness (QED) is 0.798. The van der Waals surface area contributed by atoms with Gasteiger partial charge in [0.25, 0.3) is 0 Å². The summed E-state index contributed by atoms with van der Waals surface area (Å²) in [5.74, 6) is 0. The molecule has 0 saturated carbocycles. The summed E-state index contributed by atoms with van der Waals surface area (Å²) in [6, 6.07) is 5.25. The van der Waals surface area contributed by atoms with E-state index in [0.717, 1.165) is 0 Å². The molecule has 0 fully saturated rings. The molecule has 0 spiro atoms. The van der Waals surface area contributed by atoms with E-state index in [9.17, 15) is 0 Å². The molecule has 0 radical (unpaired) electrons. The first-order chi connectivity index (χ1) is 8.54. The number of aromatic nitrogens is 3. The highest BCUT2D eigenvalue weighted by Crippen LogP contribution is 2.32. The molecule has 0 aliphatic heterocycles. The van der Waals surface area contributed by atoms with Gasteiger partial charge in [-0.1, -0.05) is 40.0 Å². The fourth-order valence-corrected chi connectivity index (χ4v) is 2.14. The van der Waals surface area contributed by atoms with Crippen LogP contribution in [0.3, 0.4) is 0 Å². The summed E-state index contributed by atoms with van der Waals surface area (Å²) in [6.07, 6.45) is 0. The first-order valence-electron chi connectivity index (χ1n) is 4.97. The molecule has 1 heterocycles. The van der Waals surface area contributed by atoms with Crippen LogP contribution in [0.2, 0.25) is 15.1 Å². The van der Waals surface area contributed by atoms with Gasteiger partial charge in [-0.2, -0.15) is 5.26 Å². The fraction of sp³-hybridized carbons (Fsp3) is 0.182. The lowest BCUT2D eigenvalue weighted by Crippen LogP contribution is -2.05. The van der Waals surface area contributed by atoms with Crippen LogP contribution < -0.4 is 0 Å². The molecule has 92 valence electrons. The number of hydrogen-bond acceptors (Lipinski definition) is 3. The minimum atomic E-state index is 0.282. The molecule has 4 nitrogen and oxygen atoms in total. The Balaban J connectivity index is 2.44. The molecule has 0 amide bonds. The first-order valence-corrected chi connectivity index (χ1v) is 6.10. The van der Waals surface area contributed by atoms with Gasteiger partial charge >= 0.3 is 0 Å². The second-order valence-corrected chi connectivity index (χ2v) is 4.81. The first kappa shape index (κ1) is 13.2. The van der Waals surface area contributed by atoms with Crippen LogP contribution in [0.4, 0.5) is 0 Å². The van der Waals surface area contributed by atoms with E-state index in [1.165, 1.54) is 0 Å². The minimum Gasteiger partial charge on any atom is -0.244 e. The van der Waals surface area contributed by atoms with Gasteiger partial charge in [0.1, 0.15) is 6.07 Å². The lowest BCUT2D eigenvalue weighted by atomic mass is 10.2. The summed E-state index contributed by atoms with van der Waals surface area (Å²) < 4.78 is 1.56. The van der Waals surface area contributed by atoms with Crippen molar-refractivity contribution in [3.05, 3.63) is 44.2 Å². The Morgan fingerprint density at radius 2 is 1.94 bits per heavy atom. The van der Waals surface area contributed by atoms with Crippen LogP contribution in [-0.2, 0) is 6.54 Å². The Bertz CT molecular complexity index is 642. The van der Waals surface area contributed by atoms with E-state index < -0.39 is 0 Å². The van der Waals surface area contributed by atoms with E-state index in [-0.39, 0.29) is 5.69 Å². The van der Waals surface area contributed by atoms with Crippen molar-refractivity contribution in [1.82, 2.24) is 15.0 Å². The van der Waals surface area contributed by atoms with E-state index in [1.807, 2.05) is 6.07 Å². The van der Waals surface area contributed by atoms with Gasteiger partial charge in [0.15, 0.2) is 5.69 Å². The molecule has 1 aromatic carbocycles. The van der Waals surface area contributed by atoms with Crippen molar-refractivity contribution in [2.75, 3.05) is 0 Å². The highest BCUT2D eigenvalue weighted by atomic mass is 35.5. The largest absolute Gasteiger partial charge is 0.244 e. The molecule has 2 rings (SSSR count). The molecule has 0 N–H and O–H groups in total. The van der Waals surface area contributed by atoms with E-state index in [1.54, 1.807) is 23.7 Å².